The minimum atomic E-state index is -4.28. The maximum absolute atomic E-state index is 12.8. The van der Waals surface area contributed by atoms with E-state index in [-0.39, 0.29) is 0 Å². The average molecular weight is 334 g/mol. The molecular formula is C19H21F3N2. The molecule has 2 aromatic rings. The summed E-state index contributed by atoms with van der Waals surface area (Å²) in [5.41, 5.74) is 2.65. The van der Waals surface area contributed by atoms with Crippen LogP contribution in [-0.4, -0.2) is 31.1 Å². The molecule has 0 saturated carbocycles. The zero-order valence-electron chi connectivity index (χ0n) is 13.7. The molecule has 1 saturated heterocycles. The smallest absolute Gasteiger partial charge is 0.369 e. The van der Waals surface area contributed by atoms with Gasteiger partial charge in [-0.3, -0.25) is 4.90 Å². The maximum Gasteiger partial charge on any atom is 0.416 e. The van der Waals surface area contributed by atoms with Crippen LogP contribution in [0.2, 0.25) is 0 Å². The summed E-state index contributed by atoms with van der Waals surface area (Å²) >= 11 is 0. The molecule has 128 valence electrons. The Morgan fingerprint density at radius 1 is 0.917 bits per heavy atom. The first kappa shape index (κ1) is 16.8. The van der Waals surface area contributed by atoms with Crippen molar-refractivity contribution in [2.45, 2.75) is 19.6 Å². The summed E-state index contributed by atoms with van der Waals surface area (Å²) in [5, 5.41) is 0. The van der Waals surface area contributed by atoms with Crippen molar-refractivity contribution in [3.05, 3.63) is 65.2 Å². The quantitative estimate of drug-likeness (QED) is 0.824. The average Bonchev–Trinajstić information content (AvgIpc) is 2.56. The Kier molecular flexibility index (Phi) is 4.81. The van der Waals surface area contributed by atoms with Crippen LogP contribution in [0.15, 0.2) is 48.5 Å². The van der Waals surface area contributed by atoms with Crippen molar-refractivity contribution in [1.29, 1.82) is 0 Å². The topological polar surface area (TPSA) is 6.48 Å². The molecule has 0 atom stereocenters. The lowest BCUT2D eigenvalue weighted by molar-refractivity contribution is -0.137. The highest BCUT2D eigenvalue weighted by Gasteiger charge is 2.30. The van der Waals surface area contributed by atoms with Gasteiger partial charge in [-0.1, -0.05) is 36.4 Å². The van der Waals surface area contributed by atoms with Crippen molar-refractivity contribution in [2.75, 3.05) is 31.1 Å². The van der Waals surface area contributed by atoms with Gasteiger partial charge in [0.15, 0.2) is 0 Å². The molecule has 0 radical (unpaired) electrons. The molecule has 0 bridgehead atoms. The van der Waals surface area contributed by atoms with Gasteiger partial charge < -0.3 is 4.90 Å². The minimum absolute atomic E-state index is 0.561. The van der Waals surface area contributed by atoms with Crippen LogP contribution in [0.25, 0.3) is 0 Å². The molecule has 0 spiro atoms. The molecule has 1 heterocycles. The number of alkyl halides is 3. The van der Waals surface area contributed by atoms with Crippen LogP contribution in [0.1, 0.15) is 16.7 Å². The van der Waals surface area contributed by atoms with E-state index in [0.29, 0.717) is 12.1 Å². The lowest BCUT2D eigenvalue weighted by atomic mass is 10.1. The third-order valence-corrected chi connectivity index (χ3v) is 4.49. The highest BCUT2D eigenvalue weighted by molar-refractivity contribution is 5.53. The lowest BCUT2D eigenvalue weighted by Gasteiger charge is -2.36. The Morgan fingerprint density at radius 2 is 1.62 bits per heavy atom. The predicted molar refractivity (Wildman–Crippen MR) is 90.1 cm³/mol. The first-order valence-corrected chi connectivity index (χ1v) is 8.12. The maximum atomic E-state index is 12.8. The summed E-state index contributed by atoms with van der Waals surface area (Å²) in [6, 6.07) is 13.9. The van der Waals surface area contributed by atoms with Gasteiger partial charge in [-0.2, -0.15) is 13.2 Å². The summed E-state index contributed by atoms with van der Waals surface area (Å²) in [6.45, 7) is 6.15. The molecule has 5 heteroatoms. The molecule has 2 aromatic carbocycles. The third kappa shape index (κ3) is 3.90. The molecule has 1 fully saturated rings. The molecule has 24 heavy (non-hydrogen) atoms. The van der Waals surface area contributed by atoms with Crippen LogP contribution in [0.4, 0.5) is 18.9 Å². The first-order valence-electron chi connectivity index (χ1n) is 8.12. The number of rotatable bonds is 3. The molecule has 0 aromatic heterocycles. The fourth-order valence-electron chi connectivity index (χ4n) is 3.17. The molecule has 2 nitrogen and oxygen atoms in total. The Balaban J connectivity index is 1.61. The Morgan fingerprint density at radius 3 is 2.29 bits per heavy atom. The van der Waals surface area contributed by atoms with E-state index in [2.05, 4.69) is 28.9 Å². The number of aryl methyl sites for hydroxylation is 1. The van der Waals surface area contributed by atoms with E-state index >= 15 is 0 Å². The second-order valence-electron chi connectivity index (χ2n) is 6.25. The zero-order valence-corrected chi connectivity index (χ0v) is 13.7. The van der Waals surface area contributed by atoms with E-state index in [1.165, 1.54) is 23.4 Å². The molecule has 0 aliphatic carbocycles. The predicted octanol–water partition coefficient (Wildman–Crippen LogP) is 4.34. The number of halogens is 3. The minimum Gasteiger partial charge on any atom is -0.369 e. The van der Waals surface area contributed by atoms with Gasteiger partial charge in [0.2, 0.25) is 0 Å². The van der Waals surface area contributed by atoms with Gasteiger partial charge in [-0.15, -0.1) is 0 Å². The van der Waals surface area contributed by atoms with E-state index in [0.717, 1.165) is 32.2 Å². The monoisotopic (exact) mass is 334 g/mol. The fourth-order valence-corrected chi connectivity index (χ4v) is 3.17. The number of nitrogens with zero attached hydrogens (tertiary/aromatic N) is 2. The molecule has 0 amide bonds. The van der Waals surface area contributed by atoms with Crippen LogP contribution in [0.5, 0.6) is 0 Å². The number of hydrogen-bond acceptors (Lipinski definition) is 2. The SMILES string of the molecule is Cc1ccccc1N1CCN(Cc2cccc(C(F)(F)F)c2)CC1. The van der Waals surface area contributed by atoms with Crippen LogP contribution in [0.3, 0.4) is 0 Å². The van der Waals surface area contributed by atoms with E-state index in [1.807, 2.05) is 12.1 Å². The summed E-state index contributed by atoms with van der Waals surface area (Å²) in [4.78, 5) is 4.56. The van der Waals surface area contributed by atoms with Gasteiger partial charge in [0.05, 0.1) is 5.56 Å². The van der Waals surface area contributed by atoms with Crippen molar-refractivity contribution in [2.24, 2.45) is 0 Å². The zero-order chi connectivity index (χ0) is 17.2. The summed E-state index contributed by atoms with van der Waals surface area (Å²) in [5.74, 6) is 0. The van der Waals surface area contributed by atoms with Crippen molar-refractivity contribution in [3.8, 4) is 0 Å². The normalized spacial score (nSPS) is 16.4. The van der Waals surface area contributed by atoms with E-state index in [1.54, 1.807) is 6.07 Å². The lowest BCUT2D eigenvalue weighted by Crippen LogP contribution is -2.46. The van der Waals surface area contributed by atoms with Gasteiger partial charge in [0.25, 0.3) is 0 Å². The van der Waals surface area contributed by atoms with E-state index in [9.17, 15) is 13.2 Å². The summed E-state index contributed by atoms with van der Waals surface area (Å²) < 4.78 is 38.4. The van der Waals surface area contributed by atoms with Gasteiger partial charge in [-0.25, -0.2) is 0 Å². The van der Waals surface area contributed by atoms with Gasteiger partial charge in [0.1, 0.15) is 0 Å². The molecule has 1 aliphatic rings. The molecule has 0 unspecified atom stereocenters. The number of piperazine rings is 1. The van der Waals surface area contributed by atoms with Crippen molar-refractivity contribution in [3.63, 3.8) is 0 Å². The third-order valence-electron chi connectivity index (χ3n) is 4.49. The first-order chi connectivity index (χ1) is 11.4. The van der Waals surface area contributed by atoms with Crippen molar-refractivity contribution < 1.29 is 13.2 Å². The standard InChI is InChI=1S/C19H21F3N2/c1-15-5-2-3-8-18(15)24-11-9-23(10-12-24)14-16-6-4-7-17(13-16)19(20,21)22/h2-8,13H,9-12,14H2,1H3. The van der Waals surface area contributed by atoms with E-state index in [4.69, 9.17) is 0 Å². The van der Waals surface area contributed by atoms with Crippen LogP contribution >= 0.6 is 0 Å². The van der Waals surface area contributed by atoms with Gasteiger partial charge in [0, 0.05) is 38.4 Å². The fraction of sp³-hybridized carbons (Fsp3) is 0.368. The number of benzene rings is 2. The van der Waals surface area contributed by atoms with Crippen LogP contribution in [0, 0.1) is 6.92 Å². The molecule has 3 rings (SSSR count). The Hall–Kier alpha value is -2.01. The summed E-state index contributed by atoms with van der Waals surface area (Å²) in [7, 11) is 0. The van der Waals surface area contributed by atoms with Crippen molar-refractivity contribution in [1.82, 2.24) is 4.90 Å². The molecular weight excluding hydrogens is 313 g/mol. The number of anilines is 1. The highest BCUT2D eigenvalue weighted by atomic mass is 19.4. The van der Waals surface area contributed by atoms with Crippen molar-refractivity contribution >= 4 is 5.69 Å². The second-order valence-corrected chi connectivity index (χ2v) is 6.25. The van der Waals surface area contributed by atoms with E-state index < -0.39 is 11.7 Å². The van der Waals surface area contributed by atoms with Gasteiger partial charge in [-0.05, 0) is 30.2 Å². The summed E-state index contributed by atoms with van der Waals surface area (Å²) in [6.07, 6.45) is -4.28. The number of para-hydroxylation sites is 1. The molecule has 0 N–H and O–H groups in total. The highest BCUT2D eigenvalue weighted by Crippen LogP contribution is 2.30. The van der Waals surface area contributed by atoms with Gasteiger partial charge >= 0.3 is 6.18 Å². The second kappa shape index (κ2) is 6.85. The largest absolute Gasteiger partial charge is 0.416 e. The Labute approximate surface area is 140 Å². The Bertz CT molecular complexity index is 689. The number of hydrogen-bond donors (Lipinski definition) is 0. The van der Waals surface area contributed by atoms with Crippen LogP contribution in [-0.2, 0) is 12.7 Å². The molecule has 1 aliphatic heterocycles. The van der Waals surface area contributed by atoms with Crippen LogP contribution < -0.4 is 4.90 Å².